The van der Waals surface area contributed by atoms with Crippen LogP contribution in [0.1, 0.15) is 52.4 Å². The molecule has 0 fully saturated rings. The van der Waals surface area contributed by atoms with Gasteiger partial charge in [-0.05, 0) is 12.8 Å². The normalized spacial score (nSPS) is 17.7. The molecule has 4 heteroatoms. The highest BCUT2D eigenvalue weighted by atomic mass is 31.2. The van der Waals surface area contributed by atoms with Crippen molar-refractivity contribution < 1.29 is 13.3 Å². The van der Waals surface area contributed by atoms with Crippen molar-refractivity contribution in [2.75, 3.05) is 6.66 Å². The molecule has 0 rings (SSSR count). The van der Waals surface area contributed by atoms with Gasteiger partial charge in [0.25, 0.3) is 0 Å². The Hall–Kier alpha value is 0.120. The predicted molar refractivity (Wildman–Crippen MR) is 58.6 cm³/mol. The molecule has 0 aliphatic heterocycles. The van der Waals surface area contributed by atoms with E-state index in [9.17, 15) is 8.76 Å². The minimum Gasteiger partial charge on any atom is -0.302 e. The van der Waals surface area contributed by atoms with Crippen LogP contribution < -0.4 is 0 Å². The van der Waals surface area contributed by atoms with Crippen LogP contribution >= 0.6 is 7.68 Å². The maximum atomic E-state index is 12.7. The zero-order chi connectivity index (χ0) is 11.0. The Labute approximate surface area is 86.8 Å². The Morgan fingerprint density at radius 2 is 1.93 bits per heavy atom. The summed E-state index contributed by atoms with van der Waals surface area (Å²) >= 11 is 0. The van der Waals surface area contributed by atoms with E-state index in [-0.39, 0.29) is 6.10 Å². The summed E-state index contributed by atoms with van der Waals surface area (Å²) < 4.78 is 28.4. The molecule has 2 unspecified atom stereocenters. The molecule has 0 radical (unpaired) electrons. The van der Waals surface area contributed by atoms with Crippen LogP contribution in [0.25, 0.3) is 0 Å². The van der Waals surface area contributed by atoms with Crippen LogP contribution in [0.15, 0.2) is 0 Å². The van der Waals surface area contributed by atoms with Gasteiger partial charge in [0.15, 0.2) is 0 Å². The fraction of sp³-hybridized carbons (Fsp3) is 1.00. The third kappa shape index (κ3) is 8.71. The first-order valence-corrected chi connectivity index (χ1v) is 7.41. The first kappa shape index (κ1) is 14.1. The van der Waals surface area contributed by atoms with Crippen molar-refractivity contribution >= 4 is 7.68 Å². The molecule has 2 nitrogen and oxygen atoms in total. The molecule has 0 N–H and O–H groups in total. The lowest BCUT2D eigenvalue weighted by Crippen LogP contribution is -2.08. The first-order valence-electron chi connectivity index (χ1n) is 5.45. The van der Waals surface area contributed by atoms with Crippen LogP contribution in [0, 0.1) is 0 Å². The van der Waals surface area contributed by atoms with Crippen molar-refractivity contribution in [1.82, 2.24) is 0 Å². The lowest BCUT2D eigenvalue weighted by atomic mass is 10.1. The van der Waals surface area contributed by atoms with Gasteiger partial charge in [0.1, 0.15) is 0 Å². The minimum absolute atomic E-state index is 0.173. The number of hydrogen-bond donors (Lipinski definition) is 0. The van der Waals surface area contributed by atoms with E-state index >= 15 is 0 Å². The van der Waals surface area contributed by atoms with Crippen LogP contribution in [-0.2, 0) is 9.09 Å². The minimum atomic E-state index is -3.79. The second kappa shape index (κ2) is 7.42. The maximum Gasteiger partial charge on any atom is 0.364 e. The number of halogens is 1. The number of unbranched alkanes of at least 4 members (excludes halogenated alkanes) is 3. The van der Waals surface area contributed by atoms with Gasteiger partial charge in [-0.3, -0.25) is 4.57 Å². The summed E-state index contributed by atoms with van der Waals surface area (Å²) in [4.78, 5) is 0. The molecule has 0 amide bonds. The third-order valence-corrected chi connectivity index (χ3v) is 2.85. The second-order valence-corrected chi connectivity index (χ2v) is 5.44. The predicted octanol–water partition coefficient (Wildman–Crippen LogP) is 4.54. The summed E-state index contributed by atoms with van der Waals surface area (Å²) in [5, 5.41) is 0. The van der Waals surface area contributed by atoms with Crippen molar-refractivity contribution in [1.29, 1.82) is 0 Å². The van der Waals surface area contributed by atoms with Crippen LogP contribution in [0.5, 0.6) is 0 Å². The van der Waals surface area contributed by atoms with Gasteiger partial charge < -0.3 is 4.52 Å². The fourth-order valence-electron chi connectivity index (χ4n) is 1.40. The van der Waals surface area contributed by atoms with Crippen LogP contribution in [0.4, 0.5) is 4.20 Å². The Bertz CT molecular complexity index is 179. The Morgan fingerprint density at radius 3 is 2.36 bits per heavy atom. The van der Waals surface area contributed by atoms with Crippen molar-refractivity contribution in [3.8, 4) is 0 Å². The second-order valence-electron chi connectivity index (χ2n) is 3.73. The molecule has 0 saturated heterocycles. The summed E-state index contributed by atoms with van der Waals surface area (Å²) in [6, 6.07) is 0. The van der Waals surface area contributed by atoms with Gasteiger partial charge >= 0.3 is 7.68 Å². The summed E-state index contributed by atoms with van der Waals surface area (Å²) in [6.45, 7) is 5.11. The van der Waals surface area contributed by atoms with E-state index in [1.807, 2.05) is 6.92 Å². The van der Waals surface area contributed by atoms with E-state index in [2.05, 4.69) is 6.92 Å². The molecule has 0 bridgehead atoms. The van der Waals surface area contributed by atoms with E-state index in [0.29, 0.717) is 0 Å². The largest absolute Gasteiger partial charge is 0.364 e. The molecular formula is C10H22FO2P. The third-order valence-electron chi connectivity index (χ3n) is 2.17. The quantitative estimate of drug-likeness (QED) is 0.446. The number of rotatable bonds is 8. The SMILES string of the molecule is CCCCCCC(CC)OP(C)(=O)F. The average molecular weight is 224 g/mol. The van der Waals surface area contributed by atoms with Gasteiger partial charge in [-0.25, -0.2) is 0 Å². The van der Waals surface area contributed by atoms with Gasteiger partial charge in [-0.1, -0.05) is 39.5 Å². The zero-order valence-corrected chi connectivity index (χ0v) is 10.4. The molecule has 0 aromatic heterocycles. The molecular weight excluding hydrogens is 202 g/mol. The Balaban J connectivity index is 3.64. The molecule has 86 valence electrons. The Morgan fingerprint density at radius 1 is 1.29 bits per heavy atom. The van der Waals surface area contributed by atoms with Gasteiger partial charge in [0, 0.05) is 6.66 Å². The van der Waals surface area contributed by atoms with Crippen molar-refractivity contribution in [3.63, 3.8) is 0 Å². The molecule has 0 aliphatic carbocycles. The molecule has 0 heterocycles. The number of hydrogen-bond acceptors (Lipinski definition) is 2. The van der Waals surface area contributed by atoms with E-state index < -0.39 is 7.68 Å². The van der Waals surface area contributed by atoms with Crippen molar-refractivity contribution in [2.45, 2.75) is 58.5 Å². The van der Waals surface area contributed by atoms with Gasteiger partial charge in [-0.2, -0.15) is 4.20 Å². The molecule has 0 aromatic carbocycles. The fourth-order valence-corrected chi connectivity index (χ4v) is 2.18. The van der Waals surface area contributed by atoms with Gasteiger partial charge in [0.05, 0.1) is 6.10 Å². The van der Waals surface area contributed by atoms with E-state index in [0.717, 1.165) is 32.3 Å². The molecule has 0 saturated carbocycles. The van der Waals surface area contributed by atoms with Crippen LogP contribution in [-0.4, -0.2) is 12.8 Å². The highest BCUT2D eigenvalue weighted by Gasteiger charge is 2.19. The maximum absolute atomic E-state index is 12.7. The van der Waals surface area contributed by atoms with Gasteiger partial charge in [-0.15, -0.1) is 0 Å². The molecule has 0 spiro atoms. The monoisotopic (exact) mass is 224 g/mol. The summed E-state index contributed by atoms with van der Waals surface area (Å²) in [7, 11) is -3.79. The van der Waals surface area contributed by atoms with E-state index in [1.54, 1.807) is 0 Å². The highest BCUT2D eigenvalue weighted by molar-refractivity contribution is 7.52. The van der Waals surface area contributed by atoms with Gasteiger partial charge in [0.2, 0.25) is 0 Å². The first-order chi connectivity index (χ1) is 6.49. The lowest BCUT2D eigenvalue weighted by molar-refractivity contribution is 0.173. The smallest absolute Gasteiger partial charge is 0.302 e. The topological polar surface area (TPSA) is 26.3 Å². The summed E-state index contributed by atoms with van der Waals surface area (Å²) in [6.07, 6.45) is 5.95. The summed E-state index contributed by atoms with van der Waals surface area (Å²) in [5.74, 6) is 0. The van der Waals surface area contributed by atoms with Crippen molar-refractivity contribution in [2.24, 2.45) is 0 Å². The van der Waals surface area contributed by atoms with Crippen LogP contribution in [0.3, 0.4) is 0 Å². The Kier molecular flexibility index (Phi) is 7.48. The molecule has 14 heavy (non-hydrogen) atoms. The summed E-state index contributed by atoms with van der Waals surface area (Å²) in [5.41, 5.74) is 0. The van der Waals surface area contributed by atoms with E-state index in [1.165, 1.54) is 12.8 Å². The molecule has 0 aromatic rings. The average Bonchev–Trinajstić information content (AvgIpc) is 2.08. The molecule has 0 aliphatic rings. The highest BCUT2D eigenvalue weighted by Crippen LogP contribution is 2.46. The van der Waals surface area contributed by atoms with E-state index in [4.69, 9.17) is 4.52 Å². The standard InChI is InChI=1S/C10H22FO2P/c1-4-6-7-8-9-10(5-2)13-14(3,11)12/h10H,4-9H2,1-3H3. The zero-order valence-electron chi connectivity index (χ0n) is 9.46. The van der Waals surface area contributed by atoms with Crippen molar-refractivity contribution in [3.05, 3.63) is 0 Å². The van der Waals surface area contributed by atoms with Crippen LogP contribution in [0.2, 0.25) is 0 Å². The molecule has 2 atom stereocenters. The lowest BCUT2D eigenvalue weighted by Gasteiger charge is -2.16.